The van der Waals surface area contributed by atoms with Crippen molar-refractivity contribution in [3.05, 3.63) is 12.2 Å². The molecular formula is C19H31N3O5. The van der Waals surface area contributed by atoms with Crippen LogP contribution in [0.5, 0.6) is 0 Å². The monoisotopic (exact) mass is 381 g/mol. The van der Waals surface area contributed by atoms with E-state index < -0.39 is 17.7 Å². The highest BCUT2D eigenvalue weighted by molar-refractivity contribution is 6.01. The Morgan fingerprint density at radius 3 is 2.52 bits per heavy atom. The molecule has 0 radical (unpaired) electrons. The standard InChI is InChI=1S/C19H31N3O5/c1-19(2,3)27-18(25)21-17-20-15(23)12-10-8-6-5-7-9-11-13-26-16(24)14-22(17)4/h5,7H,6,8-14H2,1-4H3,(H,20,21,23,25)/b7-5+. The lowest BCUT2D eigenvalue weighted by Crippen LogP contribution is -2.45. The second kappa shape index (κ2) is 11.4. The summed E-state index contributed by atoms with van der Waals surface area (Å²) in [6, 6.07) is 0. The molecule has 0 saturated heterocycles. The molecule has 0 bridgehead atoms. The van der Waals surface area contributed by atoms with Crippen LogP contribution in [0.3, 0.4) is 0 Å². The number of amides is 2. The van der Waals surface area contributed by atoms with Crippen molar-refractivity contribution < 1.29 is 23.9 Å². The summed E-state index contributed by atoms with van der Waals surface area (Å²) in [5.41, 5.74) is -0.714. The van der Waals surface area contributed by atoms with E-state index in [1.165, 1.54) is 4.90 Å². The van der Waals surface area contributed by atoms with Crippen molar-refractivity contribution >= 4 is 23.9 Å². The number of carbonyl (C=O) groups is 3. The number of guanidine groups is 1. The summed E-state index contributed by atoms with van der Waals surface area (Å²) in [6.45, 7) is 5.34. The maximum atomic E-state index is 12.2. The minimum Gasteiger partial charge on any atom is -0.464 e. The van der Waals surface area contributed by atoms with E-state index in [1.807, 2.05) is 0 Å². The van der Waals surface area contributed by atoms with Gasteiger partial charge in [0.05, 0.1) is 6.61 Å². The summed E-state index contributed by atoms with van der Waals surface area (Å²) in [5.74, 6) is -0.758. The van der Waals surface area contributed by atoms with Gasteiger partial charge in [-0.15, -0.1) is 4.99 Å². The van der Waals surface area contributed by atoms with Crippen LogP contribution in [0.1, 0.15) is 59.3 Å². The minimum absolute atomic E-state index is 0.0295. The zero-order valence-corrected chi connectivity index (χ0v) is 16.7. The molecule has 0 aromatic heterocycles. The topological polar surface area (TPSA) is 97.3 Å². The van der Waals surface area contributed by atoms with E-state index in [4.69, 9.17) is 9.47 Å². The molecule has 0 saturated carbocycles. The number of allylic oxidation sites excluding steroid dienone is 2. The van der Waals surface area contributed by atoms with Crippen LogP contribution in [0.4, 0.5) is 4.79 Å². The Labute approximate surface area is 161 Å². The zero-order valence-electron chi connectivity index (χ0n) is 16.7. The number of hydrogen-bond acceptors (Lipinski definition) is 5. The van der Waals surface area contributed by atoms with Crippen LogP contribution in [0.2, 0.25) is 0 Å². The third-order valence-electron chi connectivity index (χ3n) is 3.54. The average Bonchev–Trinajstić information content (AvgIpc) is 2.53. The molecule has 1 aliphatic heterocycles. The molecule has 0 aromatic rings. The van der Waals surface area contributed by atoms with Crippen molar-refractivity contribution in [2.75, 3.05) is 20.2 Å². The molecule has 1 rings (SSSR count). The molecule has 0 fully saturated rings. The predicted octanol–water partition coefficient (Wildman–Crippen LogP) is 2.78. The molecule has 2 amide bonds. The minimum atomic E-state index is -0.836. The molecule has 0 aromatic carbocycles. The summed E-state index contributed by atoms with van der Waals surface area (Å²) in [6.07, 6.45) is 7.72. The van der Waals surface area contributed by atoms with Gasteiger partial charge in [-0.05, 0) is 52.9 Å². The fourth-order valence-electron chi connectivity index (χ4n) is 2.25. The Bertz CT molecular complexity index is 578. The van der Waals surface area contributed by atoms with Crippen molar-refractivity contribution in [2.45, 2.75) is 64.9 Å². The van der Waals surface area contributed by atoms with Crippen LogP contribution in [0, 0.1) is 0 Å². The van der Waals surface area contributed by atoms with Crippen molar-refractivity contribution in [1.82, 2.24) is 10.2 Å². The molecular weight excluding hydrogens is 350 g/mol. The number of nitrogens with zero attached hydrogens (tertiary/aromatic N) is 2. The van der Waals surface area contributed by atoms with Gasteiger partial charge in [0.25, 0.3) is 0 Å². The van der Waals surface area contributed by atoms with Gasteiger partial charge in [-0.1, -0.05) is 12.2 Å². The molecule has 1 heterocycles. The van der Waals surface area contributed by atoms with Gasteiger partial charge in [-0.25, -0.2) is 4.79 Å². The molecule has 1 N–H and O–H groups in total. The van der Waals surface area contributed by atoms with Crippen LogP contribution in [-0.2, 0) is 19.1 Å². The van der Waals surface area contributed by atoms with Crippen LogP contribution >= 0.6 is 0 Å². The number of ether oxygens (including phenoxy) is 2. The van der Waals surface area contributed by atoms with Gasteiger partial charge in [-0.3, -0.25) is 14.9 Å². The highest BCUT2D eigenvalue weighted by Crippen LogP contribution is 2.09. The van der Waals surface area contributed by atoms with Gasteiger partial charge in [0.1, 0.15) is 12.1 Å². The molecule has 27 heavy (non-hydrogen) atoms. The number of esters is 1. The number of aliphatic imine (C=N–C) groups is 1. The van der Waals surface area contributed by atoms with Crippen LogP contribution in [0.25, 0.3) is 0 Å². The normalized spacial score (nSPS) is 21.3. The Kier molecular flexibility index (Phi) is 9.53. The second-order valence-corrected chi connectivity index (χ2v) is 7.40. The molecule has 0 unspecified atom stereocenters. The Morgan fingerprint density at radius 2 is 1.85 bits per heavy atom. The third kappa shape index (κ3) is 11.0. The number of hydrogen-bond donors (Lipinski definition) is 1. The second-order valence-electron chi connectivity index (χ2n) is 7.40. The summed E-state index contributed by atoms with van der Waals surface area (Å²) >= 11 is 0. The van der Waals surface area contributed by atoms with E-state index in [-0.39, 0.29) is 18.4 Å². The first-order valence-corrected chi connectivity index (χ1v) is 9.30. The number of carbonyl (C=O) groups excluding carboxylic acids is 3. The smallest absolute Gasteiger partial charge is 0.437 e. The molecule has 8 nitrogen and oxygen atoms in total. The van der Waals surface area contributed by atoms with Crippen molar-refractivity contribution in [1.29, 1.82) is 0 Å². The SMILES string of the molecule is CN1CC(=O)OCCC/C=C/CCCCC(=O)NC1=NC(=O)OC(C)(C)C. The van der Waals surface area contributed by atoms with Crippen LogP contribution < -0.4 is 5.32 Å². The van der Waals surface area contributed by atoms with E-state index in [9.17, 15) is 14.4 Å². The highest BCUT2D eigenvalue weighted by Gasteiger charge is 2.20. The van der Waals surface area contributed by atoms with Crippen LogP contribution in [-0.4, -0.2) is 54.6 Å². The molecule has 8 heteroatoms. The van der Waals surface area contributed by atoms with Gasteiger partial charge in [0, 0.05) is 13.5 Å². The maximum Gasteiger partial charge on any atom is 0.437 e. The lowest BCUT2D eigenvalue weighted by atomic mass is 10.1. The fourth-order valence-corrected chi connectivity index (χ4v) is 2.25. The summed E-state index contributed by atoms with van der Waals surface area (Å²) in [5, 5.41) is 2.60. The van der Waals surface area contributed by atoms with Gasteiger partial charge < -0.3 is 14.4 Å². The number of rotatable bonds is 0. The quantitative estimate of drug-likeness (QED) is 0.512. The third-order valence-corrected chi connectivity index (χ3v) is 3.54. The van der Waals surface area contributed by atoms with Gasteiger partial charge in [0.15, 0.2) is 0 Å². The number of cyclic esters (lactones) is 1. The van der Waals surface area contributed by atoms with Crippen molar-refractivity contribution in [2.24, 2.45) is 4.99 Å². The molecule has 0 atom stereocenters. The van der Waals surface area contributed by atoms with Gasteiger partial charge in [-0.2, -0.15) is 0 Å². The van der Waals surface area contributed by atoms with E-state index in [0.717, 1.165) is 32.1 Å². The molecule has 0 aliphatic carbocycles. The number of nitrogens with one attached hydrogen (secondary N) is 1. The zero-order chi connectivity index (χ0) is 20.3. The molecule has 152 valence electrons. The Morgan fingerprint density at radius 1 is 1.19 bits per heavy atom. The van der Waals surface area contributed by atoms with E-state index >= 15 is 0 Å². The van der Waals surface area contributed by atoms with E-state index in [2.05, 4.69) is 22.5 Å². The van der Waals surface area contributed by atoms with Crippen molar-refractivity contribution in [3.63, 3.8) is 0 Å². The summed E-state index contributed by atoms with van der Waals surface area (Å²) < 4.78 is 10.3. The van der Waals surface area contributed by atoms with Gasteiger partial charge in [0.2, 0.25) is 11.9 Å². The van der Waals surface area contributed by atoms with Crippen molar-refractivity contribution in [3.8, 4) is 0 Å². The lowest BCUT2D eigenvalue weighted by molar-refractivity contribution is -0.144. The summed E-state index contributed by atoms with van der Waals surface area (Å²) in [7, 11) is 1.55. The van der Waals surface area contributed by atoms with E-state index in [1.54, 1.807) is 27.8 Å². The molecule has 1 aliphatic rings. The number of likely N-dealkylation sites (N-methyl/N-ethyl adjacent to an activating group) is 1. The Balaban J connectivity index is 2.88. The first-order valence-electron chi connectivity index (χ1n) is 9.30. The predicted molar refractivity (Wildman–Crippen MR) is 102 cm³/mol. The maximum absolute atomic E-state index is 12.2. The van der Waals surface area contributed by atoms with Gasteiger partial charge >= 0.3 is 12.1 Å². The first kappa shape index (κ1) is 22.7. The lowest BCUT2D eigenvalue weighted by Gasteiger charge is -2.22. The van der Waals surface area contributed by atoms with Crippen LogP contribution in [0.15, 0.2) is 17.1 Å². The fraction of sp³-hybridized carbons (Fsp3) is 0.684. The largest absolute Gasteiger partial charge is 0.464 e. The van der Waals surface area contributed by atoms with E-state index in [0.29, 0.717) is 13.0 Å². The summed E-state index contributed by atoms with van der Waals surface area (Å²) in [4.78, 5) is 41.3. The average molecular weight is 381 g/mol. The first-order chi connectivity index (χ1) is 12.7. The highest BCUT2D eigenvalue weighted by atomic mass is 16.6. The Hall–Kier alpha value is -2.38. The molecule has 0 spiro atoms.